The van der Waals surface area contributed by atoms with E-state index in [9.17, 15) is 9.59 Å². The molecule has 1 heterocycles. The van der Waals surface area contributed by atoms with Crippen LogP contribution in [0, 0.1) is 12.8 Å². The molecule has 1 aliphatic rings. The van der Waals surface area contributed by atoms with Gasteiger partial charge in [0.25, 0.3) is 0 Å². The lowest BCUT2D eigenvalue weighted by atomic mass is 10.4. The van der Waals surface area contributed by atoms with Crippen molar-refractivity contribution in [1.29, 1.82) is 0 Å². The zero-order valence-electron chi connectivity index (χ0n) is 9.04. The maximum absolute atomic E-state index is 11.4. The summed E-state index contributed by atoms with van der Waals surface area (Å²) in [5.41, 5.74) is 0.873. The lowest BCUT2D eigenvalue weighted by Gasteiger charge is -2.03. The van der Waals surface area contributed by atoms with Crippen LogP contribution in [0.2, 0.25) is 0 Å². The number of carbonyl (C=O) groups is 2. The molecule has 2 rings (SSSR count). The van der Waals surface area contributed by atoms with Crippen LogP contribution in [0.3, 0.4) is 0 Å². The number of H-pyrrole nitrogens is 1. The molecule has 6 heteroatoms. The number of rotatable bonds is 4. The highest BCUT2D eigenvalue weighted by atomic mass is 16.2. The van der Waals surface area contributed by atoms with Gasteiger partial charge in [-0.15, -0.1) is 0 Å². The van der Waals surface area contributed by atoms with E-state index in [2.05, 4.69) is 20.8 Å². The van der Waals surface area contributed by atoms with Gasteiger partial charge in [-0.1, -0.05) is 0 Å². The van der Waals surface area contributed by atoms with Crippen molar-refractivity contribution >= 4 is 17.6 Å². The van der Waals surface area contributed by atoms with Crippen LogP contribution < -0.4 is 10.6 Å². The molecule has 2 amide bonds. The number of amides is 2. The summed E-state index contributed by atoms with van der Waals surface area (Å²) in [6, 6.07) is 1.72. The second kappa shape index (κ2) is 4.34. The third-order valence-electron chi connectivity index (χ3n) is 2.34. The summed E-state index contributed by atoms with van der Waals surface area (Å²) in [6.45, 7) is 1.85. The third-order valence-corrected chi connectivity index (χ3v) is 2.34. The molecule has 1 aromatic heterocycles. The number of hydrogen-bond acceptors (Lipinski definition) is 3. The highest BCUT2D eigenvalue weighted by Gasteiger charge is 2.29. The summed E-state index contributed by atoms with van der Waals surface area (Å²) >= 11 is 0. The fourth-order valence-electron chi connectivity index (χ4n) is 1.33. The first-order valence-electron chi connectivity index (χ1n) is 5.25. The average Bonchev–Trinajstić information content (AvgIpc) is 3.01. The van der Waals surface area contributed by atoms with Crippen molar-refractivity contribution in [2.45, 2.75) is 19.8 Å². The number of aryl methyl sites for hydroxylation is 1. The molecule has 0 spiro atoms. The summed E-state index contributed by atoms with van der Waals surface area (Å²) in [5.74, 6) is 0.303. The molecule has 0 aromatic carbocycles. The highest BCUT2D eigenvalue weighted by Crippen LogP contribution is 2.28. The number of nitrogens with one attached hydrogen (secondary N) is 3. The second-order valence-corrected chi connectivity index (χ2v) is 3.98. The fraction of sp³-hybridized carbons (Fsp3) is 0.500. The highest BCUT2D eigenvalue weighted by molar-refractivity contribution is 5.94. The van der Waals surface area contributed by atoms with E-state index in [1.165, 1.54) is 0 Å². The van der Waals surface area contributed by atoms with E-state index in [4.69, 9.17) is 0 Å². The zero-order chi connectivity index (χ0) is 11.5. The molecule has 6 nitrogen and oxygen atoms in total. The minimum atomic E-state index is -0.263. The van der Waals surface area contributed by atoms with Crippen molar-refractivity contribution in [3.63, 3.8) is 0 Å². The van der Waals surface area contributed by atoms with Crippen molar-refractivity contribution in [2.75, 3.05) is 11.9 Å². The van der Waals surface area contributed by atoms with Crippen LogP contribution in [0.4, 0.5) is 5.82 Å². The molecule has 86 valence electrons. The molecule has 1 aromatic rings. The minimum absolute atomic E-state index is 0.00123. The van der Waals surface area contributed by atoms with Crippen molar-refractivity contribution in [3.05, 3.63) is 11.8 Å². The van der Waals surface area contributed by atoms with Crippen molar-refractivity contribution < 1.29 is 9.59 Å². The second-order valence-electron chi connectivity index (χ2n) is 3.98. The number of anilines is 1. The summed E-state index contributed by atoms with van der Waals surface area (Å²) in [4.78, 5) is 22.6. The molecule has 3 N–H and O–H groups in total. The Bertz CT molecular complexity index is 409. The third kappa shape index (κ3) is 2.82. The summed E-state index contributed by atoms with van der Waals surface area (Å²) in [6.07, 6.45) is 1.87. The van der Waals surface area contributed by atoms with Gasteiger partial charge >= 0.3 is 0 Å². The van der Waals surface area contributed by atoms with Crippen molar-refractivity contribution in [2.24, 2.45) is 5.92 Å². The Morgan fingerprint density at radius 2 is 2.31 bits per heavy atom. The molecular weight excluding hydrogens is 208 g/mol. The molecule has 0 radical (unpaired) electrons. The Kier molecular flexibility index (Phi) is 2.89. The van der Waals surface area contributed by atoms with Gasteiger partial charge in [0.15, 0.2) is 5.82 Å². The van der Waals surface area contributed by atoms with Gasteiger partial charge in [-0.2, -0.15) is 5.10 Å². The van der Waals surface area contributed by atoms with E-state index >= 15 is 0 Å². The van der Waals surface area contributed by atoms with E-state index < -0.39 is 0 Å². The molecule has 1 aliphatic carbocycles. The first kappa shape index (κ1) is 10.7. The number of hydrogen-bond donors (Lipinski definition) is 3. The SMILES string of the molecule is Cc1cc(NC(=O)CNC(=O)C2CC2)n[nH]1. The average molecular weight is 222 g/mol. The monoisotopic (exact) mass is 222 g/mol. The van der Waals surface area contributed by atoms with Crippen LogP contribution in [0.5, 0.6) is 0 Å². The number of nitrogens with zero attached hydrogens (tertiary/aromatic N) is 1. The van der Waals surface area contributed by atoms with Gasteiger partial charge in [0.2, 0.25) is 11.8 Å². The van der Waals surface area contributed by atoms with Crippen LogP contribution in [-0.2, 0) is 9.59 Å². The van der Waals surface area contributed by atoms with Gasteiger partial charge in [0, 0.05) is 17.7 Å². The van der Waals surface area contributed by atoms with E-state index in [0.29, 0.717) is 5.82 Å². The van der Waals surface area contributed by atoms with Gasteiger partial charge in [-0.25, -0.2) is 0 Å². The molecule has 0 aliphatic heterocycles. The van der Waals surface area contributed by atoms with Crippen LogP contribution in [0.25, 0.3) is 0 Å². The standard InChI is InChI=1S/C10H14N4O2/c1-6-4-8(14-13-6)12-9(15)5-11-10(16)7-2-3-7/h4,7H,2-3,5H2,1H3,(H,11,16)(H2,12,13,14,15). The Hall–Kier alpha value is -1.85. The molecule has 0 bridgehead atoms. The number of aromatic amines is 1. The maximum atomic E-state index is 11.4. The summed E-state index contributed by atoms with van der Waals surface area (Å²) in [5, 5.41) is 11.7. The van der Waals surface area contributed by atoms with Crippen LogP contribution >= 0.6 is 0 Å². The molecular formula is C10H14N4O2. The van der Waals surface area contributed by atoms with E-state index in [1.54, 1.807) is 6.07 Å². The van der Waals surface area contributed by atoms with Gasteiger partial charge < -0.3 is 10.6 Å². The van der Waals surface area contributed by atoms with E-state index in [1.807, 2.05) is 6.92 Å². The van der Waals surface area contributed by atoms with Gasteiger partial charge in [0.1, 0.15) is 0 Å². The molecule has 0 unspecified atom stereocenters. The Balaban J connectivity index is 1.73. The predicted octanol–water partition coefficient (Wildman–Crippen LogP) is 0.183. The largest absolute Gasteiger partial charge is 0.347 e. The molecule has 0 saturated heterocycles. The smallest absolute Gasteiger partial charge is 0.244 e. The Labute approximate surface area is 92.8 Å². The lowest BCUT2D eigenvalue weighted by Crippen LogP contribution is -2.33. The molecule has 1 fully saturated rings. The van der Waals surface area contributed by atoms with Crippen LogP contribution in [0.15, 0.2) is 6.07 Å². The normalized spacial score (nSPS) is 14.6. The van der Waals surface area contributed by atoms with E-state index in [-0.39, 0.29) is 24.3 Å². The number of aromatic nitrogens is 2. The van der Waals surface area contributed by atoms with Crippen LogP contribution in [0.1, 0.15) is 18.5 Å². The topological polar surface area (TPSA) is 86.9 Å². The lowest BCUT2D eigenvalue weighted by molar-refractivity contribution is -0.125. The predicted molar refractivity (Wildman–Crippen MR) is 57.7 cm³/mol. The zero-order valence-corrected chi connectivity index (χ0v) is 9.04. The molecule has 16 heavy (non-hydrogen) atoms. The molecule has 0 atom stereocenters. The van der Waals surface area contributed by atoms with Crippen LogP contribution in [-0.4, -0.2) is 28.6 Å². The summed E-state index contributed by atoms with van der Waals surface area (Å²) < 4.78 is 0. The quantitative estimate of drug-likeness (QED) is 0.679. The van der Waals surface area contributed by atoms with Gasteiger partial charge in [-0.3, -0.25) is 14.7 Å². The molecule has 1 saturated carbocycles. The maximum Gasteiger partial charge on any atom is 0.244 e. The van der Waals surface area contributed by atoms with E-state index in [0.717, 1.165) is 18.5 Å². The first-order valence-corrected chi connectivity index (χ1v) is 5.25. The minimum Gasteiger partial charge on any atom is -0.347 e. The van der Waals surface area contributed by atoms with Crippen molar-refractivity contribution in [1.82, 2.24) is 15.5 Å². The first-order chi connectivity index (χ1) is 7.65. The Morgan fingerprint density at radius 1 is 1.56 bits per heavy atom. The Morgan fingerprint density at radius 3 is 2.88 bits per heavy atom. The summed E-state index contributed by atoms with van der Waals surface area (Å²) in [7, 11) is 0. The fourth-order valence-corrected chi connectivity index (χ4v) is 1.33. The van der Waals surface area contributed by atoms with Gasteiger partial charge in [-0.05, 0) is 19.8 Å². The van der Waals surface area contributed by atoms with Gasteiger partial charge in [0.05, 0.1) is 6.54 Å². The number of carbonyl (C=O) groups excluding carboxylic acids is 2. The van der Waals surface area contributed by atoms with Crippen molar-refractivity contribution in [3.8, 4) is 0 Å².